The first kappa shape index (κ1) is 10.3. The van der Waals surface area contributed by atoms with Crippen molar-refractivity contribution in [3.8, 4) is 0 Å². The van der Waals surface area contributed by atoms with E-state index < -0.39 is 7.12 Å². The van der Waals surface area contributed by atoms with Crippen LogP contribution in [-0.2, 0) is 9.53 Å². The van der Waals surface area contributed by atoms with Crippen LogP contribution in [0.25, 0.3) is 0 Å². The first-order valence-corrected chi connectivity index (χ1v) is 4.36. The van der Waals surface area contributed by atoms with Gasteiger partial charge in [-0.15, -0.1) is 0 Å². The van der Waals surface area contributed by atoms with Crippen molar-refractivity contribution in [1.82, 2.24) is 0 Å². The summed E-state index contributed by atoms with van der Waals surface area (Å²) in [4.78, 5) is 11.2. The molecule has 2 N–H and O–H groups in total. The van der Waals surface area contributed by atoms with Crippen LogP contribution >= 0.6 is 0 Å². The summed E-state index contributed by atoms with van der Waals surface area (Å²) in [7, 11) is -1.43. The Morgan fingerprint density at radius 3 is 2.92 bits per heavy atom. The second-order valence-electron chi connectivity index (χ2n) is 3.04. The molecule has 0 heterocycles. The van der Waals surface area contributed by atoms with E-state index in [9.17, 15) is 4.79 Å². The van der Waals surface area contributed by atoms with Gasteiger partial charge in [0.1, 0.15) is 0 Å². The normalized spacial score (nSPS) is 21.2. The van der Waals surface area contributed by atoms with E-state index in [2.05, 4.69) is 0 Å². The first-order valence-electron chi connectivity index (χ1n) is 4.36. The molecule has 4 nitrogen and oxygen atoms in total. The van der Waals surface area contributed by atoms with Gasteiger partial charge in [-0.2, -0.15) is 0 Å². The van der Waals surface area contributed by atoms with Crippen molar-refractivity contribution in [2.75, 3.05) is 6.61 Å². The van der Waals surface area contributed by atoms with E-state index >= 15 is 0 Å². The van der Waals surface area contributed by atoms with Crippen LogP contribution in [-0.4, -0.2) is 29.7 Å². The summed E-state index contributed by atoms with van der Waals surface area (Å²) < 4.78 is 4.82. The van der Waals surface area contributed by atoms with E-state index in [1.165, 1.54) is 0 Å². The Balaban J connectivity index is 2.41. The molecule has 0 bridgehead atoms. The third-order valence-corrected chi connectivity index (χ3v) is 2.10. The number of allylic oxidation sites excluding steroid dienone is 2. The van der Waals surface area contributed by atoms with Crippen molar-refractivity contribution < 1.29 is 19.6 Å². The van der Waals surface area contributed by atoms with Gasteiger partial charge in [0.25, 0.3) is 0 Å². The van der Waals surface area contributed by atoms with Gasteiger partial charge in [0, 0.05) is 0 Å². The Hall–Kier alpha value is -0.805. The predicted octanol–water partition coefficient (Wildman–Crippen LogP) is -0.102. The van der Waals surface area contributed by atoms with Gasteiger partial charge in [-0.25, -0.2) is 0 Å². The molecule has 1 aliphatic rings. The molecule has 0 aliphatic heterocycles. The molecule has 0 fully saturated rings. The Morgan fingerprint density at radius 2 is 2.46 bits per heavy atom. The van der Waals surface area contributed by atoms with E-state index in [0.29, 0.717) is 24.9 Å². The molecule has 0 saturated heterocycles. The van der Waals surface area contributed by atoms with Gasteiger partial charge in [-0.05, 0) is 25.2 Å². The van der Waals surface area contributed by atoms with Crippen LogP contribution in [0.2, 0.25) is 0 Å². The van der Waals surface area contributed by atoms with Gasteiger partial charge in [-0.1, -0.05) is 6.08 Å². The number of hydrogen-bond donors (Lipinski definition) is 2. The van der Waals surface area contributed by atoms with Gasteiger partial charge < -0.3 is 14.8 Å². The number of carbonyl (C=O) groups excluding carboxylic acids is 1. The zero-order chi connectivity index (χ0) is 9.84. The van der Waals surface area contributed by atoms with Crippen molar-refractivity contribution in [2.24, 2.45) is 5.92 Å². The first-order chi connectivity index (χ1) is 6.15. The molecule has 0 amide bonds. The van der Waals surface area contributed by atoms with E-state index in [4.69, 9.17) is 14.8 Å². The summed E-state index contributed by atoms with van der Waals surface area (Å²) in [6, 6.07) is 0. The lowest BCUT2D eigenvalue weighted by Gasteiger charge is -2.08. The van der Waals surface area contributed by atoms with Gasteiger partial charge in [0.15, 0.2) is 0 Å². The third kappa shape index (κ3) is 2.57. The van der Waals surface area contributed by atoms with Gasteiger partial charge in [0.05, 0.1) is 12.5 Å². The number of esters is 1. The van der Waals surface area contributed by atoms with Crippen LogP contribution in [0.15, 0.2) is 11.5 Å². The van der Waals surface area contributed by atoms with Crippen molar-refractivity contribution >= 4 is 13.1 Å². The maximum Gasteiger partial charge on any atom is 0.483 e. The standard InChI is InChI=1S/C8H13BO4/c1-2-13-8(10)6-3-4-7(5-6)9(11)12/h4,6,11-12H,2-3,5H2,1H3. The van der Waals surface area contributed by atoms with Crippen LogP contribution in [0.3, 0.4) is 0 Å². The number of rotatable bonds is 3. The highest BCUT2D eigenvalue weighted by molar-refractivity contribution is 6.50. The molecular formula is C8H13BO4. The number of hydrogen-bond acceptors (Lipinski definition) is 4. The highest BCUT2D eigenvalue weighted by Crippen LogP contribution is 2.26. The quantitative estimate of drug-likeness (QED) is 0.474. The second kappa shape index (κ2) is 4.44. The molecule has 1 aliphatic carbocycles. The lowest BCUT2D eigenvalue weighted by Crippen LogP contribution is -2.19. The third-order valence-electron chi connectivity index (χ3n) is 2.10. The monoisotopic (exact) mass is 184 g/mol. The number of carbonyl (C=O) groups is 1. The van der Waals surface area contributed by atoms with Crippen LogP contribution in [0, 0.1) is 5.92 Å². The average molecular weight is 184 g/mol. The molecule has 0 spiro atoms. The maximum atomic E-state index is 11.2. The Labute approximate surface area is 77.4 Å². The largest absolute Gasteiger partial charge is 0.483 e. The Morgan fingerprint density at radius 1 is 1.77 bits per heavy atom. The van der Waals surface area contributed by atoms with E-state index in [0.717, 1.165) is 0 Å². The Bertz CT molecular complexity index is 224. The minimum Gasteiger partial charge on any atom is -0.466 e. The molecule has 72 valence electrons. The van der Waals surface area contributed by atoms with E-state index in [1.807, 2.05) is 0 Å². The molecular weight excluding hydrogens is 171 g/mol. The Kier molecular flexibility index (Phi) is 3.51. The van der Waals surface area contributed by atoms with Crippen LogP contribution in [0.4, 0.5) is 0 Å². The van der Waals surface area contributed by atoms with Gasteiger partial charge in [0.2, 0.25) is 0 Å². The fourth-order valence-electron chi connectivity index (χ4n) is 1.40. The van der Waals surface area contributed by atoms with E-state index in [1.54, 1.807) is 13.0 Å². The minimum absolute atomic E-state index is 0.225. The topological polar surface area (TPSA) is 66.8 Å². The zero-order valence-corrected chi connectivity index (χ0v) is 7.56. The van der Waals surface area contributed by atoms with Crippen LogP contribution in [0.5, 0.6) is 0 Å². The molecule has 0 aromatic heterocycles. The summed E-state index contributed by atoms with van der Waals surface area (Å²) >= 11 is 0. The smallest absolute Gasteiger partial charge is 0.466 e. The molecule has 1 rings (SSSR count). The summed E-state index contributed by atoms with van der Waals surface area (Å²) in [5.41, 5.74) is 0.512. The average Bonchev–Trinajstić information content (AvgIpc) is 2.52. The molecule has 0 saturated carbocycles. The van der Waals surface area contributed by atoms with Gasteiger partial charge in [-0.3, -0.25) is 4.79 Å². The van der Waals surface area contributed by atoms with Crippen LogP contribution < -0.4 is 0 Å². The SMILES string of the molecule is CCOC(=O)C1CC=C(B(O)O)C1. The molecule has 0 radical (unpaired) electrons. The van der Waals surface area contributed by atoms with Gasteiger partial charge >= 0.3 is 13.1 Å². The van der Waals surface area contributed by atoms with E-state index in [-0.39, 0.29) is 11.9 Å². The van der Waals surface area contributed by atoms with Crippen molar-refractivity contribution in [1.29, 1.82) is 0 Å². The van der Waals surface area contributed by atoms with Crippen molar-refractivity contribution in [2.45, 2.75) is 19.8 Å². The molecule has 13 heavy (non-hydrogen) atoms. The molecule has 5 heteroatoms. The van der Waals surface area contributed by atoms with Crippen LogP contribution in [0.1, 0.15) is 19.8 Å². The summed E-state index contributed by atoms with van der Waals surface area (Å²) in [6.07, 6.45) is 2.63. The minimum atomic E-state index is -1.43. The lowest BCUT2D eigenvalue weighted by atomic mass is 9.78. The van der Waals surface area contributed by atoms with Crippen molar-refractivity contribution in [3.05, 3.63) is 11.5 Å². The molecule has 0 aromatic rings. The molecule has 0 aromatic carbocycles. The summed E-state index contributed by atoms with van der Waals surface area (Å²) in [6.45, 7) is 2.12. The lowest BCUT2D eigenvalue weighted by molar-refractivity contribution is -0.147. The second-order valence-corrected chi connectivity index (χ2v) is 3.04. The molecule has 1 atom stereocenters. The maximum absolute atomic E-state index is 11.2. The molecule has 1 unspecified atom stereocenters. The highest BCUT2D eigenvalue weighted by Gasteiger charge is 2.29. The predicted molar refractivity (Wildman–Crippen MR) is 47.6 cm³/mol. The fraction of sp³-hybridized carbons (Fsp3) is 0.625. The van der Waals surface area contributed by atoms with Crippen molar-refractivity contribution in [3.63, 3.8) is 0 Å². The number of ether oxygens (including phenoxy) is 1. The highest BCUT2D eigenvalue weighted by atomic mass is 16.5. The fourth-order valence-corrected chi connectivity index (χ4v) is 1.40. The summed E-state index contributed by atoms with van der Waals surface area (Å²) in [5.74, 6) is -0.480. The zero-order valence-electron chi connectivity index (χ0n) is 7.56. The summed E-state index contributed by atoms with van der Waals surface area (Å²) in [5, 5.41) is 17.6.